The molecule has 0 fully saturated rings. The van der Waals surface area contributed by atoms with Gasteiger partial charge in [0.25, 0.3) is 0 Å². The summed E-state index contributed by atoms with van der Waals surface area (Å²) in [6, 6.07) is 1.94. The van der Waals surface area contributed by atoms with Crippen LogP contribution in [-0.2, 0) is 22.9 Å². The van der Waals surface area contributed by atoms with E-state index < -0.39 is 16.5 Å². The molecule has 1 aromatic rings. The Morgan fingerprint density at radius 3 is 2.81 bits per heavy atom. The van der Waals surface area contributed by atoms with Gasteiger partial charge in [0.1, 0.15) is 6.61 Å². The molecule has 1 aliphatic rings. The number of nitrogens with zero attached hydrogens (tertiary/aromatic N) is 1. The van der Waals surface area contributed by atoms with Crippen LogP contribution in [0, 0.1) is 0 Å². The van der Waals surface area contributed by atoms with Crippen molar-refractivity contribution in [2.75, 3.05) is 13.2 Å². The van der Waals surface area contributed by atoms with Crippen molar-refractivity contribution in [2.24, 2.45) is 5.73 Å². The Morgan fingerprint density at radius 1 is 1.57 bits per heavy atom. The first kappa shape index (κ1) is 16.7. The van der Waals surface area contributed by atoms with Crippen molar-refractivity contribution in [3.8, 4) is 5.75 Å². The number of nitrogens with one attached hydrogen (secondary N) is 1. The average molecular weight is 332 g/mol. The van der Waals surface area contributed by atoms with Crippen LogP contribution in [0.3, 0.4) is 0 Å². The molecule has 7 heteroatoms. The zero-order valence-electron chi connectivity index (χ0n) is 12.8. The van der Waals surface area contributed by atoms with Crippen LogP contribution in [0.1, 0.15) is 39.0 Å². The van der Waals surface area contributed by atoms with Crippen molar-refractivity contribution >= 4 is 22.6 Å². The van der Waals surface area contributed by atoms with Gasteiger partial charge in [-0.05, 0) is 40.3 Å². The summed E-state index contributed by atoms with van der Waals surface area (Å²) in [7, 11) is -1.21. The fourth-order valence-electron chi connectivity index (χ4n) is 2.11. The second-order valence-corrected chi connectivity index (χ2v) is 8.75. The number of rotatable bonds is 4. The maximum Gasteiger partial charge on any atom is 0.171 e. The summed E-state index contributed by atoms with van der Waals surface area (Å²) in [5, 5.41) is 0.336. The predicted octanol–water partition coefficient (Wildman–Crippen LogP) is 1.90. The number of hydrogen-bond donors (Lipinski definition) is 2. The maximum atomic E-state index is 12.4. The third kappa shape index (κ3) is 3.39. The molecule has 5 nitrogen and oxygen atoms in total. The lowest BCUT2D eigenvalue weighted by molar-refractivity contribution is 0.269. The van der Waals surface area contributed by atoms with Crippen LogP contribution in [0.2, 0.25) is 5.15 Å². The SMILES string of the molecule is CC1(NS(=O)C(C)(C)C)COc2c1cc(CCN)nc2Cl. The van der Waals surface area contributed by atoms with Crippen molar-refractivity contribution in [3.05, 3.63) is 22.5 Å². The van der Waals surface area contributed by atoms with Crippen LogP contribution in [0.15, 0.2) is 6.07 Å². The molecule has 2 heterocycles. The van der Waals surface area contributed by atoms with E-state index >= 15 is 0 Å². The molecule has 2 rings (SSSR count). The van der Waals surface area contributed by atoms with Crippen molar-refractivity contribution in [2.45, 2.75) is 44.4 Å². The van der Waals surface area contributed by atoms with E-state index in [1.54, 1.807) is 0 Å². The number of pyridine rings is 1. The normalized spacial score (nSPS) is 22.8. The minimum absolute atomic E-state index is 0.336. The average Bonchev–Trinajstić information content (AvgIpc) is 2.67. The monoisotopic (exact) mass is 331 g/mol. The van der Waals surface area contributed by atoms with Crippen molar-refractivity contribution in [1.82, 2.24) is 9.71 Å². The van der Waals surface area contributed by atoms with E-state index in [0.29, 0.717) is 30.5 Å². The molecule has 0 saturated carbocycles. The Morgan fingerprint density at radius 2 is 2.24 bits per heavy atom. The van der Waals surface area contributed by atoms with E-state index in [4.69, 9.17) is 22.1 Å². The van der Waals surface area contributed by atoms with Gasteiger partial charge in [-0.3, -0.25) is 0 Å². The first-order valence-electron chi connectivity index (χ1n) is 6.90. The first-order chi connectivity index (χ1) is 9.67. The van der Waals surface area contributed by atoms with Crippen molar-refractivity contribution < 1.29 is 8.95 Å². The van der Waals surface area contributed by atoms with E-state index in [9.17, 15) is 4.21 Å². The van der Waals surface area contributed by atoms with Crippen LogP contribution in [0.25, 0.3) is 0 Å². The van der Waals surface area contributed by atoms with E-state index in [2.05, 4.69) is 9.71 Å². The van der Waals surface area contributed by atoms with E-state index in [1.807, 2.05) is 33.8 Å². The zero-order valence-corrected chi connectivity index (χ0v) is 14.4. The molecule has 0 saturated heterocycles. The molecule has 0 aromatic carbocycles. The highest BCUT2D eigenvalue weighted by Gasteiger charge is 2.41. The minimum Gasteiger partial charge on any atom is -0.488 e. The molecule has 118 valence electrons. The van der Waals surface area contributed by atoms with E-state index in [1.165, 1.54) is 0 Å². The number of halogens is 1. The highest BCUT2D eigenvalue weighted by atomic mass is 35.5. The molecule has 1 aliphatic heterocycles. The zero-order chi connectivity index (χ0) is 15.8. The van der Waals surface area contributed by atoms with Crippen LogP contribution in [0.4, 0.5) is 0 Å². The molecule has 1 aromatic heterocycles. The Balaban J connectivity index is 2.37. The number of fused-ring (bicyclic) bond motifs is 1. The van der Waals surface area contributed by atoms with Crippen molar-refractivity contribution in [1.29, 1.82) is 0 Å². The fourth-order valence-corrected chi connectivity index (χ4v) is 3.26. The fraction of sp³-hybridized carbons (Fsp3) is 0.643. The third-order valence-corrected chi connectivity index (χ3v) is 5.36. The molecule has 2 atom stereocenters. The first-order valence-corrected chi connectivity index (χ1v) is 8.42. The van der Waals surface area contributed by atoms with Crippen LogP contribution >= 0.6 is 11.6 Å². The summed E-state index contributed by atoms with van der Waals surface area (Å²) in [5.74, 6) is 0.568. The number of aromatic nitrogens is 1. The Kier molecular flexibility index (Phi) is 4.63. The molecule has 0 aliphatic carbocycles. The van der Waals surface area contributed by atoms with Gasteiger partial charge in [0.05, 0.1) is 21.3 Å². The topological polar surface area (TPSA) is 77.2 Å². The van der Waals surface area contributed by atoms with Gasteiger partial charge >= 0.3 is 0 Å². The van der Waals surface area contributed by atoms with Crippen molar-refractivity contribution in [3.63, 3.8) is 0 Å². The molecular formula is C14H22ClN3O2S. The maximum absolute atomic E-state index is 12.4. The smallest absolute Gasteiger partial charge is 0.171 e. The second kappa shape index (κ2) is 5.83. The van der Waals surface area contributed by atoms with Gasteiger partial charge < -0.3 is 10.5 Å². The van der Waals surface area contributed by atoms with Gasteiger partial charge in [-0.1, -0.05) is 11.6 Å². The van der Waals surface area contributed by atoms with Crippen LogP contribution < -0.4 is 15.2 Å². The summed E-state index contributed by atoms with van der Waals surface area (Å²) >= 11 is 6.18. The lowest BCUT2D eigenvalue weighted by atomic mass is 9.95. The number of hydrogen-bond acceptors (Lipinski definition) is 4. The van der Waals surface area contributed by atoms with Crippen LogP contribution in [-0.4, -0.2) is 27.1 Å². The van der Waals surface area contributed by atoms with Gasteiger partial charge in [0.2, 0.25) is 0 Å². The molecule has 3 N–H and O–H groups in total. The van der Waals surface area contributed by atoms with Gasteiger partial charge in [-0.15, -0.1) is 0 Å². The van der Waals surface area contributed by atoms with Gasteiger partial charge in [0.15, 0.2) is 10.9 Å². The molecule has 0 bridgehead atoms. The minimum atomic E-state index is -1.21. The highest BCUT2D eigenvalue weighted by Crippen LogP contribution is 2.41. The van der Waals surface area contributed by atoms with Gasteiger partial charge in [0, 0.05) is 17.7 Å². The Hall–Kier alpha value is -0.690. The molecular weight excluding hydrogens is 310 g/mol. The predicted molar refractivity (Wildman–Crippen MR) is 85.9 cm³/mol. The number of nitrogens with two attached hydrogens (primary N) is 1. The summed E-state index contributed by atoms with van der Waals surface area (Å²) in [6.45, 7) is 8.62. The Bertz CT molecular complexity index is 574. The second-order valence-electron chi connectivity index (χ2n) is 6.42. The summed E-state index contributed by atoms with van der Waals surface area (Å²) in [6.07, 6.45) is 0.644. The standard InChI is InChI=1S/C14H22ClN3O2S/c1-13(2,3)21(19)18-14(4)8-20-11-10(14)7-9(5-6-16)17-12(11)15/h7,18H,5-6,8,16H2,1-4H3. The lowest BCUT2D eigenvalue weighted by Gasteiger charge is -2.28. The summed E-state index contributed by atoms with van der Waals surface area (Å²) in [4.78, 5) is 4.28. The van der Waals surface area contributed by atoms with Gasteiger partial charge in [-0.2, -0.15) is 0 Å². The molecule has 0 spiro atoms. The quantitative estimate of drug-likeness (QED) is 0.826. The summed E-state index contributed by atoms with van der Waals surface area (Å²) in [5.41, 5.74) is 6.74. The molecule has 0 amide bonds. The lowest BCUT2D eigenvalue weighted by Crippen LogP contribution is -2.47. The largest absolute Gasteiger partial charge is 0.488 e. The van der Waals surface area contributed by atoms with Gasteiger partial charge in [-0.25, -0.2) is 13.9 Å². The molecule has 21 heavy (non-hydrogen) atoms. The Labute approximate surface area is 133 Å². The molecule has 2 unspecified atom stereocenters. The summed E-state index contributed by atoms with van der Waals surface area (Å²) < 4.78 is 20.9. The van der Waals surface area contributed by atoms with Crippen LogP contribution in [0.5, 0.6) is 5.75 Å². The third-order valence-electron chi connectivity index (χ3n) is 3.36. The molecule has 0 radical (unpaired) electrons. The number of ether oxygens (including phenoxy) is 1. The highest BCUT2D eigenvalue weighted by molar-refractivity contribution is 7.84. The van der Waals surface area contributed by atoms with E-state index in [-0.39, 0.29) is 4.75 Å². The van der Waals surface area contributed by atoms with E-state index in [0.717, 1.165) is 11.3 Å².